The van der Waals surface area contributed by atoms with Gasteiger partial charge in [-0.05, 0) is 36.6 Å². The van der Waals surface area contributed by atoms with Crippen LogP contribution in [0, 0.1) is 5.82 Å². The van der Waals surface area contributed by atoms with E-state index in [-0.39, 0.29) is 30.0 Å². The van der Waals surface area contributed by atoms with Crippen molar-refractivity contribution in [2.24, 2.45) is 0 Å². The number of rotatable bonds is 7. The van der Waals surface area contributed by atoms with Gasteiger partial charge in [-0.25, -0.2) is 4.39 Å². The number of carbonyl (C=O) groups is 2. The van der Waals surface area contributed by atoms with E-state index in [1.54, 1.807) is 22.5 Å². The van der Waals surface area contributed by atoms with Gasteiger partial charge in [0.25, 0.3) is 0 Å². The van der Waals surface area contributed by atoms with E-state index in [1.807, 2.05) is 30.3 Å². The van der Waals surface area contributed by atoms with Crippen LogP contribution in [0.25, 0.3) is 0 Å². The molecule has 0 saturated carbocycles. The van der Waals surface area contributed by atoms with E-state index in [0.29, 0.717) is 25.4 Å². The second-order valence-corrected chi connectivity index (χ2v) is 7.50. The molecule has 152 valence electrons. The summed E-state index contributed by atoms with van der Waals surface area (Å²) in [5.74, 6) is -0.716. The first-order valence-electron chi connectivity index (χ1n) is 9.25. The summed E-state index contributed by atoms with van der Waals surface area (Å²) in [5.41, 5.74) is 0.0307. The van der Waals surface area contributed by atoms with Crippen LogP contribution in [0.4, 0.5) is 4.39 Å². The van der Waals surface area contributed by atoms with Gasteiger partial charge in [0.15, 0.2) is 5.78 Å². The van der Waals surface area contributed by atoms with Crippen molar-refractivity contribution in [1.82, 2.24) is 4.90 Å². The molecule has 0 radical (unpaired) electrons. The van der Waals surface area contributed by atoms with Gasteiger partial charge in [-0.15, -0.1) is 0 Å². The first-order chi connectivity index (χ1) is 14.0. The zero-order chi connectivity index (χ0) is 20.6. The molecule has 1 unspecified atom stereocenters. The SMILES string of the molecule is CC(=O)c1ccc(OCC2CN(C(=O)/C=C/Sc3ccccc3)CCO2)cc1F. The Hall–Kier alpha value is -2.64. The largest absolute Gasteiger partial charge is 0.491 e. The van der Waals surface area contributed by atoms with Crippen LogP contribution < -0.4 is 4.74 Å². The number of halogens is 1. The number of nitrogens with zero attached hydrogens (tertiary/aromatic N) is 1. The van der Waals surface area contributed by atoms with Gasteiger partial charge >= 0.3 is 0 Å². The summed E-state index contributed by atoms with van der Waals surface area (Å²) in [6.45, 7) is 2.82. The smallest absolute Gasteiger partial charge is 0.247 e. The summed E-state index contributed by atoms with van der Waals surface area (Å²) >= 11 is 1.48. The van der Waals surface area contributed by atoms with Crippen LogP contribution in [-0.2, 0) is 9.53 Å². The average Bonchev–Trinajstić information content (AvgIpc) is 2.73. The zero-order valence-electron chi connectivity index (χ0n) is 16.0. The lowest BCUT2D eigenvalue weighted by molar-refractivity contribution is -0.134. The zero-order valence-corrected chi connectivity index (χ0v) is 16.9. The molecule has 0 aliphatic carbocycles. The Morgan fingerprint density at radius 3 is 2.79 bits per heavy atom. The molecule has 1 heterocycles. The minimum atomic E-state index is -0.613. The van der Waals surface area contributed by atoms with Gasteiger partial charge in [0, 0.05) is 23.6 Å². The number of ketones is 1. The van der Waals surface area contributed by atoms with E-state index in [9.17, 15) is 14.0 Å². The summed E-state index contributed by atoms with van der Waals surface area (Å²) in [7, 11) is 0. The molecule has 0 spiro atoms. The Morgan fingerprint density at radius 2 is 2.07 bits per heavy atom. The molecule has 7 heteroatoms. The number of carbonyl (C=O) groups excluding carboxylic acids is 2. The molecule has 1 aliphatic heterocycles. The minimum absolute atomic E-state index is 0.0307. The first-order valence-corrected chi connectivity index (χ1v) is 10.1. The van der Waals surface area contributed by atoms with Crippen molar-refractivity contribution >= 4 is 23.5 Å². The topological polar surface area (TPSA) is 55.8 Å². The Bertz CT molecular complexity index is 888. The predicted octanol–water partition coefficient (Wildman–Crippen LogP) is 3.94. The van der Waals surface area contributed by atoms with E-state index in [1.165, 1.54) is 30.8 Å². The van der Waals surface area contributed by atoms with Gasteiger partial charge < -0.3 is 14.4 Å². The van der Waals surface area contributed by atoms with Crippen LogP contribution in [0.1, 0.15) is 17.3 Å². The van der Waals surface area contributed by atoms with Gasteiger partial charge in [-0.2, -0.15) is 0 Å². The van der Waals surface area contributed by atoms with E-state index < -0.39 is 5.82 Å². The quantitative estimate of drug-likeness (QED) is 0.390. The normalized spacial score (nSPS) is 16.8. The van der Waals surface area contributed by atoms with Crippen LogP contribution in [0.3, 0.4) is 0 Å². The van der Waals surface area contributed by atoms with E-state index in [2.05, 4.69) is 0 Å². The average molecular weight is 415 g/mol. The van der Waals surface area contributed by atoms with Gasteiger partial charge in [-0.3, -0.25) is 9.59 Å². The summed E-state index contributed by atoms with van der Waals surface area (Å²) in [4.78, 5) is 26.5. The van der Waals surface area contributed by atoms with Crippen LogP contribution in [0.2, 0.25) is 0 Å². The Morgan fingerprint density at radius 1 is 1.28 bits per heavy atom. The van der Waals surface area contributed by atoms with Crippen molar-refractivity contribution in [2.45, 2.75) is 17.9 Å². The Balaban J connectivity index is 1.49. The monoisotopic (exact) mass is 415 g/mol. The number of benzene rings is 2. The predicted molar refractivity (Wildman–Crippen MR) is 110 cm³/mol. The van der Waals surface area contributed by atoms with Crippen LogP contribution in [-0.4, -0.2) is 49.0 Å². The maximum atomic E-state index is 13.9. The lowest BCUT2D eigenvalue weighted by atomic mass is 10.1. The molecular weight excluding hydrogens is 393 g/mol. The number of Topliss-reactive ketones (excluding diaryl/α,β-unsaturated/α-hetero) is 1. The lowest BCUT2D eigenvalue weighted by Crippen LogP contribution is -2.47. The van der Waals surface area contributed by atoms with Crippen molar-refractivity contribution in [3.8, 4) is 5.75 Å². The number of ether oxygens (including phenoxy) is 2. The fraction of sp³-hybridized carbons (Fsp3) is 0.273. The molecule has 0 N–H and O–H groups in total. The molecule has 1 saturated heterocycles. The first kappa shape index (κ1) is 21.1. The lowest BCUT2D eigenvalue weighted by Gasteiger charge is -2.32. The second kappa shape index (κ2) is 10.2. The van der Waals surface area contributed by atoms with E-state index >= 15 is 0 Å². The minimum Gasteiger partial charge on any atom is -0.491 e. The molecule has 0 aromatic heterocycles. The number of hydrogen-bond donors (Lipinski definition) is 0. The highest BCUT2D eigenvalue weighted by Crippen LogP contribution is 2.19. The highest BCUT2D eigenvalue weighted by atomic mass is 32.2. The third-order valence-electron chi connectivity index (χ3n) is 4.36. The molecule has 0 bridgehead atoms. The van der Waals surface area contributed by atoms with Crippen molar-refractivity contribution in [2.75, 3.05) is 26.3 Å². The molecule has 1 aliphatic rings. The van der Waals surface area contributed by atoms with Gasteiger partial charge in [0.2, 0.25) is 5.91 Å². The Kier molecular flexibility index (Phi) is 7.43. The summed E-state index contributed by atoms with van der Waals surface area (Å²) in [5, 5.41) is 1.78. The maximum Gasteiger partial charge on any atom is 0.247 e. The third-order valence-corrected chi connectivity index (χ3v) is 5.18. The maximum absolute atomic E-state index is 13.9. The molecular formula is C22H22FNO4S. The molecule has 2 aromatic rings. The van der Waals surface area contributed by atoms with Crippen LogP contribution in [0.5, 0.6) is 5.75 Å². The second-order valence-electron chi connectivity index (χ2n) is 6.52. The van der Waals surface area contributed by atoms with Gasteiger partial charge in [-0.1, -0.05) is 30.0 Å². The number of hydrogen-bond acceptors (Lipinski definition) is 5. The third kappa shape index (κ3) is 6.17. The van der Waals surface area contributed by atoms with Gasteiger partial charge in [0.05, 0.1) is 18.7 Å². The van der Waals surface area contributed by atoms with Crippen molar-refractivity contribution in [3.05, 3.63) is 71.4 Å². The fourth-order valence-electron chi connectivity index (χ4n) is 2.86. The highest BCUT2D eigenvalue weighted by Gasteiger charge is 2.23. The molecule has 1 amide bonds. The van der Waals surface area contributed by atoms with Crippen molar-refractivity contribution in [3.63, 3.8) is 0 Å². The summed E-state index contributed by atoms with van der Waals surface area (Å²) in [6.07, 6.45) is 1.25. The molecule has 1 atom stereocenters. The number of thioether (sulfide) groups is 1. The van der Waals surface area contributed by atoms with Crippen LogP contribution >= 0.6 is 11.8 Å². The van der Waals surface area contributed by atoms with Gasteiger partial charge in [0.1, 0.15) is 24.3 Å². The van der Waals surface area contributed by atoms with E-state index in [0.717, 1.165) is 4.90 Å². The van der Waals surface area contributed by atoms with Crippen molar-refractivity contribution in [1.29, 1.82) is 0 Å². The molecule has 5 nitrogen and oxygen atoms in total. The Labute approximate surface area is 173 Å². The van der Waals surface area contributed by atoms with Crippen LogP contribution in [0.15, 0.2) is 64.9 Å². The summed E-state index contributed by atoms with van der Waals surface area (Å²) in [6, 6.07) is 13.9. The number of amides is 1. The standard InChI is InChI=1S/C22H22FNO4S/c1-16(25)20-8-7-17(13-21(20)23)28-15-18-14-24(10-11-27-18)22(26)9-12-29-19-5-3-2-4-6-19/h2-9,12-13,18H,10-11,14-15H2,1H3/b12-9+. The molecule has 29 heavy (non-hydrogen) atoms. The van der Waals surface area contributed by atoms with Crippen molar-refractivity contribution < 1.29 is 23.5 Å². The molecule has 1 fully saturated rings. The molecule has 2 aromatic carbocycles. The number of morpholine rings is 1. The summed E-state index contributed by atoms with van der Waals surface area (Å²) < 4.78 is 25.1. The highest BCUT2D eigenvalue weighted by molar-refractivity contribution is 8.02. The molecule has 3 rings (SSSR count). The van der Waals surface area contributed by atoms with E-state index in [4.69, 9.17) is 9.47 Å². The fourth-order valence-corrected chi connectivity index (χ4v) is 3.51.